The Morgan fingerprint density at radius 1 is 1.27 bits per heavy atom. The monoisotopic (exact) mass is 361 g/mol. The van der Waals surface area contributed by atoms with E-state index in [-0.39, 0.29) is 44.1 Å². The van der Waals surface area contributed by atoms with E-state index in [4.69, 9.17) is 9.47 Å². The van der Waals surface area contributed by atoms with Gasteiger partial charge in [0.2, 0.25) is 5.91 Å². The molecule has 2 rings (SSSR count). The molecule has 2 aromatic rings. The number of fused-ring (bicyclic) bond motifs is 1. The van der Waals surface area contributed by atoms with Gasteiger partial charge in [-0.25, -0.2) is 4.98 Å². The highest BCUT2D eigenvalue weighted by atomic mass is 16.5. The molecule has 8 nitrogen and oxygen atoms in total. The van der Waals surface area contributed by atoms with E-state index in [9.17, 15) is 14.4 Å². The molecule has 8 heteroatoms. The molecule has 0 N–H and O–H groups in total. The standard InChI is InChI=1S/C18H23N3O5/c1-3-26-17(23)12-20(10-11-25-2)16(22)8-9-21-13-19-15-7-5-4-6-14(15)18(21)24/h4-7,13H,3,8-12H2,1-2H3. The van der Waals surface area contributed by atoms with Crippen LogP contribution < -0.4 is 5.56 Å². The van der Waals surface area contributed by atoms with Crippen LogP contribution in [0.5, 0.6) is 0 Å². The molecule has 0 spiro atoms. The van der Waals surface area contributed by atoms with Gasteiger partial charge >= 0.3 is 5.97 Å². The number of aryl methyl sites for hydroxylation is 1. The summed E-state index contributed by atoms with van der Waals surface area (Å²) in [5.41, 5.74) is 0.418. The number of carbonyl (C=O) groups is 2. The lowest BCUT2D eigenvalue weighted by Gasteiger charge is -2.21. The van der Waals surface area contributed by atoms with Gasteiger partial charge in [0.15, 0.2) is 0 Å². The summed E-state index contributed by atoms with van der Waals surface area (Å²) in [6.07, 6.45) is 1.51. The summed E-state index contributed by atoms with van der Waals surface area (Å²) in [5.74, 6) is -0.725. The summed E-state index contributed by atoms with van der Waals surface area (Å²) in [4.78, 5) is 42.2. The predicted molar refractivity (Wildman–Crippen MR) is 95.7 cm³/mol. The number of aromatic nitrogens is 2. The van der Waals surface area contributed by atoms with Crippen LogP contribution in [0.4, 0.5) is 0 Å². The third-order valence-corrected chi connectivity index (χ3v) is 3.84. The van der Waals surface area contributed by atoms with Crippen molar-refractivity contribution in [2.24, 2.45) is 0 Å². The van der Waals surface area contributed by atoms with Crippen LogP contribution in [0.15, 0.2) is 35.4 Å². The minimum absolute atomic E-state index is 0.0725. The van der Waals surface area contributed by atoms with Gasteiger partial charge in [0.1, 0.15) is 6.54 Å². The van der Waals surface area contributed by atoms with Gasteiger partial charge in [-0.15, -0.1) is 0 Å². The molecule has 1 aromatic carbocycles. The van der Waals surface area contributed by atoms with E-state index in [2.05, 4.69) is 4.98 Å². The van der Waals surface area contributed by atoms with Crippen molar-refractivity contribution in [3.63, 3.8) is 0 Å². The number of rotatable bonds is 9. The number of hydrogen-bond donors (Lipinski definition) is 0. The maximum absolute atomic E-state index is 12.5. The first-order chi connectivity index (χ1) is 12.6. The van der Waals surface area contributed by atoms with E-state index in [0.717, 1.165) is 0 Å². The third kappa shape index (κ3) is 5.13. The minimum Gasteiger partial charge on any atom is -0.465 e. The molecule has 0 unspecified atom stereocenters. The maximum Gasteiger partial charge on any atom is 0.325 e. The molecule has 1 heterocycles. The molecule has 0 radical (unpaired) electrons. The van der Waals surface area contributed by atoms with Gasteiger partial charge in [0.25, 0.3) is 5.56 Å². The Labute approximate surface area is 151 Å². The molecule has 0 saturated carbocycles. The number of carbonyl (C=O) groups excluding carboxylic acids is 2. The highest BCUT2D eigenvalue weighted by Crippen LogP contribution is 2.05. The second kappa shape index (κ2) is 9.67. The molecule has 0 aliphatic rings. The number of methoxy groups -OCH3 is 1. The van der Waals surface area contributed by atoms with Gasteiger partial charge in [-0.3, -0.25) is 19.0 Å². The van der Waals surface area contributed by atoms with Gasteiger partial charge in [-0.1, -0.05) is 12.1 Å². The van der Waals surface area contributed by atoms with Crippen LogP contribution in [-0.2, 0) is 25.6 Å². The molecule has 140 valence electrons. The zero-order chi connectivity index (χ0) is 18.9. The lowest BCUT2D eigenvalue weighted by molar-refractivity contribution is -0.149. The molecule has 1 amide bonds. The molecule has 0 saturated heterocycles. The van der Waals surface area contributed by atoms with Gasteiger partial charge in [0.05, 0.1) is 30.4 Å². The number of amides is 1. The zero-order valence-electron chi connectivity index (χ0n) is 15.0. The highest BCUT2D eigenvalue weighted by molar-refractivity contribution is 5.82. The first-order valence-electron chi connectivity index (χ1n) is 8.43. The number of nitrogens with zero attached hydrogens (tertiary/aromatic N) is 3. The minimum atomic E-state index is -0.471. The number of esters is 1. The van der Waals surface area contributed by atoms with Crippen LogP contribution in [0.3, 0.4) is 0 Å². The topological polar surface area (TPSA) is 90.7 Å². The van der Waals surface area contributed by atoms with E-state index in [1.54, 1.807) is 25.1 Å². The Bertz CT molecular complexity index is 818. The van der Waals surface area contributed by atoms with Crippen LogP contribution in [0.1, 0.15) is 13.3 Å². The largest absolute Gasteiger partial charge is 0.465 e. The average molecular weight is 361 g/mol. The summed E-state index contributed by atoms with van der Waals surface area (Å²) in [5, 5.41) is 0.505. The molecule has 0 aliphatic carbocycles. The molecule has 0 fully saturated rings. The fourth-order valence-corrected chi connectivity index (χ4v) is 2.50. The Hall–Kier alpha value is -2.74. The molecule has 0 atom stereocenters. The number of benzene rings is 1. The summed E-state index contributed by atoms with van der Waals surface area (Å²) in [6.45, 7) is 2.59. The highest BCUT2D eigenvalue weighted by Gasteiger charge is 2.18. The van der Waals surface area contributed by atoms with Crippen LogP contribution >= 0.6 is 0 Å². The second-order valence-corrected chi connectivity index (χ2v) is 5.62. The van der Waals surface area contributed by atoms with Gasteiger partial charge in [-0.05, 0) is 19.1 Å². The Balaban J connectivity index is 2.05. The third-order valence-electron chi connectivity index (χ3n) is 3.84. The summed E-state index contributed by atoms with van der Waals surface area (Å²) in [7, 11) is 1.52. The fourth-order valence-electron chi connectivity index (χ4n) is 2.50. The lowest BCUT2D eigenvalue weighted by Crippen LogP contribution is -2.39. The number of para-hydroxylation sites is 1. The second-order valence-electron chi connectivity index (χ2n) is 5.62. The first kappa shape index (κ1) is 19.6. The normalized spacial score (nSPS) is 10.7. The Kier molecular flexibility index (Phi) is 7.28. The number of ether oxygens (including phenoxy) is 2. The van der Waals surface area contributed by atoms with Gasteiger partial charge in [-0.2, -0.15) is 0 Å². The molecular formula is C18H23N3O5. The van der Waals surface area contributed by atoms with Crippen LogP contribution in [0.2, 0.25) is 0 Å². The smallest absolute Gasteiger partial charge is 0.325 e. The van der Waals surface area contributed by atoms with Crippen molar-refractivity contribution in [2.75, 3.05) is 33.4 Å². The molecule has 0 aliphatic heterocycles. The average Bonchev–Trinajstić information content (AvgIpc) is 2.64. The predicted octanol–water partition coefficient (Wildman–Crippen LogP) is 0.825. The van der Waals surface area contributed by atoms with E-state index in [1.165, 1.54) is 22.9 Å². The van der Waals surface area contributed by atoms with Crippen molar-refractivity contribution in [2.45, 2.75) is 19.9 Å². The van der Waals surface area contributed by atoms with Gasteiger partial charge < -0.3 is 14.4 Å². The quantitative estimate of drug-likeness (QED) is 0.614. The maximum atomic E-state index is 12.5. The van der Waals surface area contributed by atoms with Crippen molar-refractivity contribution in [3.05, 3.63) is 40.9 Å². The molecule has 0 bridgehead atoms. The van der Waals surface area contributed by atoms with Gasteiger partial charge in [0, 0.05) is 26.6 Å². The first-order valence-corrected chi connectivity index (χ1v) is 8.43. The van der Waals surface area contributed by atoms with Crippen molar-refractivity contribution < 1.29 is 19.1 Å². The van der Waals surface area contributed by atoms with E-state index in [1.807, 2.05) is 6.07 Å². The zero-order valence-corrected chi connectivity index (χ0v) is 15.0. The van der Waals surface area contributed by atoms with Crippen LogP contribution in [-0.4, -0.2) is 59.7 Å². The molecular weight excluding hydrogens is 338 g/mol. The number of hydrogen-bond acceptors (Lipinski definition) is 6. The fraction of sp³-hybridized carbons (Fsp3) is 0.444. The molecule has 26 heavy (non-hydrogen) atoms. The lowest BCUT2D eigenvalue weighted by atomic mass is 10.2. The van der Waals surface area contributed by atoms with Crippen molar-refractivity contribution >= 4 is 22.8 Å². The van der Waals surface area contributed by atoms with Crippen molar-refractivity contribution in [1.29, 1.82) is 0 Å². The van der Waals surface area contributed by atoms with Crippen molar-refractivity contribution in [3.8, 4) is 0 Å². The summed E-state index contributed by atoms with van der Waals surface area (Å²) in [6, 6.07) is 7.05. The van der Waals surface area contributed by atoms with Crippen LogP contribution in [0.25, 0.3) is 10.9 Å². The SMILES string of the molecule is CCOC(=O)CN(CCOC)C(=O)CCn1cnc2ccccc2c1=O. The van der Waals surface area contributed by atoms with E-state index >= 15 is 0 Å². The molecule has 1 aromatic heterocycles. The van der Waals surface area contributed by atoms with E-state index < -0.39 is 5.97 Å². The Morgan fingerprint density at radius 3 is 2.77 bits per heavy atom. The summed E-state index contributed by atoms with van der Waals surface area (Å²) >= 11 is 0. The van der Waals surface area contributed by atoms with Crippen LogP contribution in [0, 0.1) is 0 Å². The summed E-state index contributed by atoms with van der Waals surface area (Å²) < 4.78 is 11.3. The van der Waals surface area contributed by atoms with E-state index in [0.29, 0.717) is 17.5 Å². The van der Waals surface area contributed by atoms with Crippen molar-refractivity contribution in [1.82, 2.24) is 14.5 Å². The Morgan fingerprint density at radius 2 is 2.04 bits per heavy atom.